The molecule has 5 heteroatoms. The molecule has 0 aliphatic heterocycles. The number of aromatic nitrogens is 3. The summed E-state index contributed by atoms with van der Waals surface area (Å²) in [4.78, 5) is 8.60. The standard InChI is InChI=1S/C13H18N4S/c1-3-5-14-12-9-11(4-6-15-12)10-18-13-16-7-8-17(13)2/h4,6-9H,3,5,10H2,1-2H3,(H,14,15). The predicted octanol–water partition coefficient (Wildman–Crippen LogP) is 2.93. The van der Waals surface area contributed by atoms with Gasteiger partial charge in [0.2, 0.25) is 0 Å². The molecule has 2 aromatic heterocycles. The number of anilines is 1. The minimum absolute atomic E-state index is 0.911. The first kappa shape index (κ1) is 13.0. The summed E-state index contributed by atoms with van der Waals surface area (Å²) in [5, 5.41) is 4.33. The summed E-state index contributed by atoms with van der Waals surface area (Å²) in [5.41, 5.74) is 1.26. The van der Waals surface area contributed by atoms with Crippen LogP contribution in [0, 0.1) is 0 Å². The molecule has 0 aromatic carbocycles. The van der Waals surface area contributed by atoms with Crippen LogP contribution >= 0.6 is 11.8 Å². The third-order valence-corrected chi connectivity index (χ3v) is 3.65. The van der Waals surface area contributed by atoms with Crippen molar-refractivity contribution in [1.82, 2.24) is 14.5 Å². The van der Waals surface area contributed by atoms with Crippen molar-refractivity contribution >= 4 is 17.6 Å². The van der Waals surface area contributed by atoms with Crippen LogP contribution in [0.5, 0.6) is 0 Å². The number of hydrogen-bond donors (Lipinski definition) is 1. The number of nitrogens with zero attached hydrogens (tertiary/aromatic N) is 3. The minimum atomic E-state index is 0.911. The second-order valence-electron chi connectivity index (χ2n) is 4.09. The normalized spacial score (nSPS) is 10.6. The van der Waals surface area contributed by atoms with Gasteiger partial charge in [0.15, 0.2) is 5.16 Å². The van der Waals surface area contributed by atoms with Crippen LogP contribution in [-0.4, -0.2) is 21.1 Å². The number of aryl methyl sites for hydroxylation is 1. The van der Waals surface area contributed by atoms with Gasteiger partial charge in [0.1, 0.15) is 5.82 Å². The van der Waals surface area contributed by atoms with Crippen molar-refractivity contribution in [2.24, 2.45) is 7.05 Å². The van der Waals surface area contributed by atoms with E-state index in [4.69, 9.17) is 0 Å². The Balaban J connectivity index is 1.95. The van der Waals surface area contributed by atoms with E-state index in [0.29, 0.717) is 0 Å². The summed E-state index contributed by atoms with van der Waals surface area (Å²) >= 11 is 1.74. The quantitative estimate of drug-likeness (QED) is 0.813. The fourth-order valence-electron chi connectivity index (χ4n) is 1.55. The molecule has 2 heterocycles. The largest absolute Gasteiger partial charge is 0.370 e. The van der Waals surface area contributed by atoms with Gasteiger partial charge in [-0.2, -0.15) is 0 Å². The molecular weight excluding hydrogens is 244 g/mol. The van der Waals surface area contributed by atoms with Crippen LogP contribution in [0.15, 0.2) is 35.9 Å². The van der Waals surface area contributed by atoms with Gasteiger partial charge < -0.3 is 9.88 Å². The lowest BCUT2D eigenvalue weighted by molar-refractivity contribution is 0.790. The number of imidazole rings is 1. The van der Waals surface area contributed by atoms with Crippen molar-refractivity contribution in [3.63, 3.8) is 0 Å². The number of nitrogens with one attached hydrogen (secondary N) is 1. The molecule has 0 fully saturated rings. The summed E-state index contributed by atoms with van der Waals surface area (Å²) in [7, 11) is 2.01. The van der Waals surface area contributed by atoms with Crippen molar-refractivity contribution in [3.8, 4) is 0 Å². The maximum absolute atomic E-state index is 4.30. The summed E-state index contributed by atoms with van der Waals surface area (Å²) < 4.78 is 2.03. The number of pyridine rings is 1. The van der Waals surface area contributed by atoms with E-state index in [2.05, 4.69) is 28.3 Å². The highest BCUT2D eigenvalue weighted by molar-refractivity contribution is 7.98. The topological polar surface area (TPSA) is 42.7 Å². The third kappa shape index (κ3) is 3.50. The molecule has 0 amide bonds. The van der Waals surface area contributed by atoms with E-state index in [-0.39, 0.29) is 0 Å². The molecule has 0 bridgehead atoms. The van der Waals surface area contributed by atoms with Crippen molar-refractivity contribution < 1.29 is 0 Å². The molecule has 4 nitrogen and oxygen atoms in total. The molecule has 2 rings (SSSR count). The van der Waals surface area contributed by atoms with Crippen molar-refractivity contribution in [2.45, 2.75) is 24.3 Å². The Kier molecular flexibility index (Phi) is 4.64. The van der Waals surface area contributed by atoms with Crippen LogP contribution in [0.1, 0.15) is 18.9 Å². The average Bonchev–Trinajstić information content (AvgIpc) is 2.80. The molecule has 0 saturated heterocycles. The zero-order valence-electron chi connectivity index (χ0n) is 10.8. The number of rotatable bonds is 6. The van der Waals surface area contributed by atoms with Gasteiger partial charge in [-0.25, -0.2) is 9.97 Å². The van der Waals surface area contributed by atoms with E-state index in [0.717, 1.165) is 29.7 Å². The predicted molar refractivity (Wildman–Crippen MR) is 75.8 cm³/mol. The van der Waals surface area contributed by atoms with Crippen LogP contribution in [0.3, 0.4) is 0 Å². The Morgan fingerprint density at radius 3 is 2.94 bits per heavy atom. The van der Waals surface area contributed by atoms with Crippen LogP contribution in [0.4, 0.5) is 5.82 Å². The van der Waals surface area contributed by atoms with Gasteiger partial charge in [-0.1, -0.05) is 18.7 Å². The first-order chi connectivity index (χ1) is 8.79. The molecule has 0 unspecified atom stereocenters. The van der Waals surface area contributed by atoms with Gasteiger partial charge in [0.05, 0.1) is 0 Å². The molecule has 1 N–H and O–H groups in total. The van der Waals surface area contributed by atoms with Gasteiger partial charge in [-0.3, -0.25) is 0 Å². The third-order valence-electron chi connectivity index (χ3n) is 2.53. The lowest BCUT2D eigenvalue weighted by Crippen LogP contribution is -2.02. The summed E-state index contributed by atoms with van der Waals surface area (Å²) in [5.74, 6) is 1.86. The molecule has 0 radical (unpaired) electrons. The van der Waals surface area contributed by atoms with Crippen LogP contribution in [0.25, 0.3) is 0 Å². The molecule has 0 atom stereocenters. The van der Waals surface area contributed by atoms with Gasteiger partial charge in [0.25, 0.3) is 0 Å². The Bertz CT molecular complexity index is 495. The van der Waals surface area contributed by atoms with E-state index in [1.807, 2.05) is 36.3 Å². The minimum Gasteiger partial charge on any atom is -0.370 e. The summed E-state index contributed by atoms with van der Waals surface area (Å²) in [6.07, 6.45) is 6.74. The van der Waals surface area contributed by atoms with Crippen LogP contribution in [-0.2, 0) is 12.8 Å². The molecule has 0 aliphatic carbocycles. The maximum atomic E-state index is 4.30. The van der Waals surface area contributed by atoms with Crippen LogP contribution < -0.4 is 5.32 Å². The van der Waals surface area contributed by atoms with Crippen LogP contribution in [0.2, 0.25) is 0 Å². The van der Waals surface area contributed by atoms with E-state index in [1.54, 1.807) is 11.8 Å². The molecule has 0 aliphatic rings. The average molecular weight is 262 g/mol. The van der Waals surface area contributed by atoms with E-state index >= 15 is 0 Å². The first-order valence-corrected chi connectivity index (χ1v) is 7.07. The highest BCUT2D eigenvalue weighted by atomic mass is 32.2. The molecule has 18 heavy (non-hydrogen) atoms. The zero-order chi connectivity index (χ0) is 12.8. The second kappa shape index (κ2) is 6.44. The molecular formula is C13H18N4S. The maximum Gasteiger partial charge on any atom is 0.167 e. The Morgan fingerprint density at radius 2 is 2.22 bits per heavy atom. The van der Waals surface area contributed by atoms with E-state index < -0.39 is 0 Å². The molecule has 96 valence electrons. The number of hydrogen-bond acceptors (Lipinski definition) is 4. The molecule has 0 saturated carbocycles. The van der Waals surface area contributed by atoms with Gasteiger partial charge >= 0.3 is 0 Å². The summed E-state index contributed by atoms with van der Waals surface area (Å²) in [6, 6.07) is 4.15. The monoisotopic (exact) mass is 262 g/mol. The number of thioether (sulfide) groups is 1. The molecule has 2 aromatic rings. The fourth-order valence-corrected chi connectivity index (χ4v) is 2.43. The smallest absolute Gasteiger partial charge is 0.167 e. The fraction of sp³-hybridized carbons (Fsp3) is 0.385. The zero-order valence-corrected chi connectivity index (χ0v) is 11.6. The van der Waals surface area contributed by atoms with Gasteiger partial charge in [-0.05, 0) is 24.1 Å². The first-order valence-electron chi connectivity index (χ1n) is 6.08. The highest BCUT2D eigenvalue weighted by Gasteiger charge is 2.02. The lowest BCUT2D eigenvalue weighted by Gasteiger charge is -2.06. The van der Waals surface area contributed by atoms with Crippen molar-refractivity contribution in [1.29, 1.82) is 0 Å². The Hall–Kier alpha value is -1.49. The Morgan fingerprint density at radius 1 is 1.33 bits per heavy atom. The van der Waals surface area contributed by atoms with Gasteiger partial charge in [0, 0.05) is 37.9 Å². The lowest BCUT2D eigenvalue weighted by atomic mass is 10.3. The van der Waals surface area contributed by atoms with Gasteiger partial charge in [-0.15, -0.1) is 0 Å². The highest BCUT2D eigenvalue weighted by Crippen LogP contribution is 2.21. The van der Waals surface area contributed by atoms with Crippen molar-refractivity contribution in [3.05, 3.63) is 36.3 Å². The van der Waals surface area contributed by atoms with Crippen molar-refractivity contribution in [2.75, 3.05) is 11.9 Å². The SMILES string of the molecule is CCCNc1cc(CSc2nccn2C)ccn1. The molecule has 0 spiro atoms. The van der Waals surface area contributed by atoms with E-state index in [1.165, 1.54) is 5.56 Å². The summed E-state index contributed by atoms with van der Waals surface area (Å²) in [6.45, 7) is 3.11. The Labute approximate surface area is 112 Å². The van der Waals surface area contributed by atoms with E-state index in [9.17, 15) is 0 Å². The second-order valence-corrected chi connectivity index (χ2v) is 5.03.